The normalized spacial score (nSPS) is 12.7. The van der Waals surface area contributed by atoms with E-state index in [0.717, 1.165) is 16.9 Å². The van der Waals surface area contributed by atoms with Gasteiger partial charge in [0, 0.05) is 12.5 Å². The Morgan fingerprint density at radius 3 is 1.86 bits per heavy atom. The van der Waals surface area contributed by atoms with E-state index in [2.05, 4.69) is 67.5 Å². The SMILES string of the molecule is CC(=O)Oc1c(C(C)C)cc(C(C)(C)C)cc1C(C)(C)C. The summed E-state index contributed by atoms with van der Waals surface area (Å²) in [4.78, 5) is 11.5. The molecule has 0 unspecified atom stereocenters. The van der Waals surface area contributed by atoms with Crippen molar-refractivity contribution in [3.63, 3.8) is 0 Å². The van der Waals surface area contributed by atoms with Gasteiger partial charge in [0.25, 0.3) is 0 Å². The molecule has 0 N–H and O–H groups in total. The van der Waals surface area contributed by atoms with Crippen LogP contribution in [0.3, 0.4) is 0 Å². The number of esters is 1. The molecule has 2 heteroatoms. The van der Waals surface area contributed by atoms with Crippen LogP contribution in [-0.2, 0) is 15.6 Å². The van der Waals surface area contributed by atoms with Gasteiger partial charge < -0.3 is 4.74 Å². The highest BCUT2D eigenvalue weighted by atomic mass is 16.5. The third-order valence-electron chi connectivity index (χ3n) is 3.66. The first kappa shape index (κ1) is 17.7. The maximum atomic E-state index is 11.5. The summed E-state index contributed by atoms with van der Waals surface area (Å²) >= 11 is 0. The molecule has 1 rings (SSSR count). The summed E-state index contributed by atoms with van der Waals surface area (Å²) in [6.07, 6.45) is 0. The van der Waals surface area contributed by atoms with Gasteiger partial charge in [0.15, 0.2) is 0 Å². The predicted molar refractivity (Wildman–Crippen MR) is 89.2 cm³/mol. The molecule has 0 heterocycles. The van der Waals surface area contributed by atoms with Crippen LogP contribution < -0.4 is 4.74 Å². The second kappa shape index (κ2) is 5.82. The summed E-state index contributed by atoms with van der Waals surface area (Å²) in [6.45, 7) is 18.9. The van der Waals surface area contributed by atoms with E-state index >= 15 is 0 Å². The molecular formula is C19H30O2. The topological polar surface area (TPSA) is 26.3 Å². The second-order valence-electron chi connectivity index (χ2n) is 8.19. The summed E-state index contributed by atoms with van der Waals surface area (Å²) in [5, 5.41) is 0. The molecule has 0 bridgehead atoms. The van der Waals surface area contributed by atoms with Gasteiger partial charge in [-0.3, -0.25) is 4.79 Å². The van der Waals surface area contributed by atoms with Crippen LogP contribution in [0.15, 0.2) is 12.1 Å². The Morgan fingerprint density at radius 2 is 1.52 bits per heavy atom. The quantitative estimate of drug-likeness (QED) is 0.543. The van der Waals surface area contributed by atoms with E-state index in [-0.39, 0.29) is 16.8 Å². The molecule has 0 atom stereocenters. The fraction of sp³-hybridized carbons (Fsp3) is 0.632. The Morgan fingerprint density at radius 1 is 1.00 bits per heavy atom. The molecule has 0 saturated heterocycles. The third-order valence-corrected chi connectivity index (χ3v) is 3.66. The van der Waals surface area contributed by atoms with Crippen molar-refractivity contribution < 1.29 is 9.53 Å². The molecule has 21 heavy (non-hydrogen) atoms. The third kappa shape index (κ3) is 4.33. The smallest absolute Gasteiger partial charge is 0.308 e. The molecule has 0 saturated carbocycles. The highest BCUT2D eigenvalue weighted by Gasteiger charge is 2.27. The fourth-order valence-corrected chi connectivity index (χ4v) is 2.33. The number of carbonyl (C=O) groups is 1. The molecular weight excluding hydrogens is 260 g/mol. The van der Waals surface area contributed by atoms with E-state index in [4.69, 9.17) is 4.74 Å². The van der Waals surface area contributed by atoms with Gasteiger partial charge in [0.2, 0.25) is 0 Å². The van der Waals surface area contributed by atoms with E-state index in [9.17, 15) is 4.79 Å². The van der Waals surface area contributed by atoms with Crippen LogP contribution in [0.4, 0.5) is 0 Å². The monoisotopic (exact) mass is 290 g/mol. The number of rotatable bonds is 2. The summed E-state index contributed by atoms with van der Waals surface area (Å²) in [6, 6.07) is 4.39. The number of carbonyl (C=O) groups excluding carboxylic acids is 1. The van der Waals surface area contributed by atoms with Gasteiger partial charge in [-0.1, -0.05) is 67.5 Å². The van der Waals surface area contributed by atoms with Crippen molar-refractivity contribution in [3.8, 4) is 5.75 Å². The molecule has 0 fully saturated rings. The van der Waals surface area contributed by atoms with Crippen molar-refractivity contribution >= 4 is 5.97 Å². The van der Waals surface area contributed by atoms with Crippen molar-refractivity contribution in [2.45, 2.75) is 79.1 Å². The lowest BCUT2D eigenvalue weighted by atomic mass is 9.77. The van der Waals surface area contributed by atoms with Crippen LogP contribution in [0.1, 0.15) is 84.9 Å². The molecule has 2 nitrogen and oxygen atoms in total. The van der Waals surface area contributed by atoms with Crippen molar-refractivity contribution in [1.29, 1.82) is 0 Å². The lowest BCUT2D eigenvalue weighted by molar-refractivity contribution is -0.132. The first-order valence-electron chi connectivity index (χ1n) is 7.71. The fourth-order valence-electron chi connectivity index (χ4n) is 2.33. The summed E-state index contributed by atoms with van der Waals surface area (Å²) < 4.78 is 5.59. The van der Waals surface area contributed by atoms with Gasteiger partial charge in [-0.25, -0.2) is 0 Å². The summed E-state index contributed by atoms with van der Waals surface area (Å²) in [7, 11) is 0. The predicted octanol–water partition coefficient (Wildman–Crippen LogP) is 5.33. The lowest BCUT2D eigenvalue weighted by Crippen LogP contribution is -2.20. The zero-order valence-corrected chi connectivity index (χ0v) is 15.0. The van der Waals surface area contributed by atoms with Gasteiger partial charge >= 0.3 is 5.97 Å². The van der Waals surface area contributed by atoms with Crippen molar-refractivity contribution in [3.05, 3.63) is 28.8 Å². The number of benzene rings is 1. The number of hydrogen-bond acceptors (Lipinski definition) is 2. The molecule has 0 aliphatic heterocycles. The van der Waals surface area contributed by atoms with E-state index in [1.807, 2.05) is 0 Å². The standard InChI is InChI=1S/C19H30O2/c1-12(2)15-10-14(18(4,5)6)11-16(19(7,8)9)17(15)21-13(3)20/h10-12H,1-9H3. The highest BCUT2D eigenvalue weighted by Crippen LogP contribution is 2.41. The number of ether oxygens (including phenoxy) is 1. The molecule has 0 spiro atoms. The number of hydrogen-bond donors (Lipinski definition) is 0. The van der Waals surface area contributed by atoms with Crippen LogP contribution in [0.5, 0.6) is 5.75 Å². The van der Waals surface area contributed by atoms with Gasteiger partial charge in [-0.2, -0.15) is 0 Å². The molecule has 0 aromatic heterocycles. The molecule has 0 amide bonds. The highest BCUT2D eigenvalue weighted by molar-refractivity contribution is 5.71. The maximum Gasteiger partial charge on any atom is 0.308 e. The molecule has 0 radical (unpaired) electrons. The van der Waals surface area contributed by atoms with Crippen LogP contribution >= 0.6 is 0 Å². The van der Waals surface area contributed by atoms with Gasteiger partial charge in [-0.05, 0) is 27.9 Å². The average Bonchev–Trinajstić information content (AvgIpc) is 2.24. The zero-order chi connectivity index (χ0) is 16.6. The van der Waals surface area contributed by atoms with Gasteiger partial charge in [0.1, 0.15) is 5.75 Å². The van der Waals surface area contributed by atoms with Crippen molar-refractivity contribution in [2.24, 2.45) is 0 Å². The van der Waals surface area contributed by atoms with Crippen molar-refractivity contribution in [2.75, 3.05) is 0 Å². The minimum Gasteiger partial charge on any atom is -0.426 e. The maximum absolute atomic E-state index is 11.5. The van der Waals surface area contributed by atoms with Gasteiger partial charge in [-0.15, -0.1) is 0 Å². The van der Waals surface area contributed by atoms with Crippen LogP contribution in [0.2, 0.25) is 0 Å². The Kier molecular flexibility index (Phi) is 4.92. The first-order valence-corrected chi connectivity index (χ1v) is 7.71. The minimum absolute atomic E-state index is 0.0679. The summed E-state index contributed by atoms with van der Waals surface area (Å²) in [5.41, 5.74) is 3.50. The van der Waals surface area contributed by atoms with Crippen LogP contribution in [0, 0.1) is 0 Å². The Balaban J connectivity index is 3.70. The lowest BCUT2D eigenvalue weighted by Gasteiger charge is -2.29. The molecule has 1 aromatic carbocycles. The summed E-state index contributed by atoms with van der Waals surface area (Å²) in [5.74, 6) is 0.798. The molecule has 118 valence electrons. The van der Waals surface area contributed by atoms with Crippen LogP contribution in [0.25, 0.3) is 0 Å². The Hall–Kier alpha value is -1.31. The largest absolute Gasteiger partial charge is 0.426 e. The van der Waals surface area contributed by atoms with E-state index in [1.54, 1.807) is 0 Å². The Labute approximate surface area is 129 Å². The minimum atomic E-state index is -0.258. The van der Waals surface area contributed by atoms with E-state index in [1.165, 1.54) is 12.5 Å². The second-order valence-corrected chi connectivity index (χ2v) is 8.19. The zero-order valence-electron chi connectivity index (χ0n) is 15.0. The van der Waals surface area contributed by atoms with Gasteiger partial charge in [0.05, 0.1) is 0 Å². The molecule has 0 aliphatic carbocycles. The van der Waals surface area contributed by atoms with E-state index in [0.29, 0.717) is 5.92 Å². The van der Waals surface area contributed by atoms with E-state index < -0.39 is 0 Å². The first-order chi connectivity index (χ1) is 9.34. The molecule has 1 aromatic rings. The van der Waals surface area contributed by atoms with Crippen LogP contribution in [-0.4, -0.2) is 5.97 Å². The van der Waals surface area contributed by atoms with Crippen molar-refractivity contribution in [1.82, 2.24) is 0 Å². The Bertz CT molecular complexity index is 526. The molecule has 0 aliphatic rings. The average molecular weight is 290 g/mol.